The fourth-order valence-corrected chi connectivity index (χ4v) is 3.00. The van der Waals surface area contributed by atoms with Gasteiger partial charge in [0.25, 0.3) is 0 Å². The lowest BCUT2D eigenvalue weighted by Gasteiger charge is -2.25. The number of anilines is 1. The van der Waals surface area contributed by atoms with Crippen LogP contribution in [0, 0.1) is 5.92 Å². The molecule has 1 heterocycles. The minimum atomic E-state index is -0.984. The molecule has 2 aromatic carbocycles. The second-order valence-electron chi connectivity index (χ2n) is 7.18. The van der Waals surface area contributed by atoms with Crippen LogP contribution >= 0.6 is 0 Å². The van der Waals surface area contributed by atoms with Gasteiger partial charge in [-0.1, -0.05) is 12.1 Å². The Balaban J connectivity index is 1.68. The van der Waals surface area contributed by atoms with Crippen LogP contribution < -0.4 is 14.8 Å². The summed E-state index contributed by atoms with van der Waals surface area (Å²) in [6, 6.07) is 12.5. The summed E-state index contributed by atoms with van der Waals surface area (Å²) < 4.78 is 10.9. The van der Waals surface area contributed by atoms with E-state index in [0.717, 1.165) is 17.1 Å². The first-order valence-electron chi connectivity index (χ1n) is 8.76. The molecular formula is C21H23NO5. The van der Waals surface area contributed by atoms with Gasteiger partial charge in [0, 0.05) is 5.69 Å². The number of nitrogens with one attached hydrogen (secondary N) is 1. The van der Waals surface area contributed by atoms with Gasteiger partial charge in [-0.3, -0.25) is 9.59 Å². The molecule has 3 rings (SSSR count). The largest absolute Gasteiger partial charge is 0.497 e. The third-order valence-electron chi connectivity index (χ3n) is 4.95. The van der Waals surface area contributed by atoms with E-state index >= 15 is 0 Å². The van der Waals surface area contributed by atoms with Gasteiger partial charge < -0.3 is 19.9 Å². The number of amides is 1. The summed E-state index contributed by atoms with van der Waals surface area (Å²) in [5, 5.41) is 12.2. The van der Waals surface area contributed by atoms with E-state index in [9.17, 15) is 14.7 Å². The molecule has 2 aromatic rings. The van der Waals surface area contributed by atoms with Gasteiger partial charge in [-0.25, -0.2) is 0 Å². The molecule has 0 radical (unpaired) electrons. The van der Waals surface area contributed by atoms with Crippen LogP contribution in [0.2, 0.25) is 0 Å². The van der Waals surface area contributed by atoms with Crippen LogP contribution in [0.1, 0.15) is 25.0 Å². The Hall–Kier alpha value is -3.02. The van der Waals surface area contributed by atoms with Crippen molar-refractivity contribution in [1.29, 1.82) is 0 Å². The number of methoxy groups -OCH3 is 1. The number of fused-ring (bicyclic) bond motifs is 1. The number of carbonyl (C=O) groups is 2. The lowest BCUT2D eigenvalue weighted by molar-refractivity contribution is -0.142. The monoisotopic (exact) mass is 369 g/mol. The number of hydrogen-bond donors (Lipinski definition) is 2. The van der Waals surface area contributed by atoms with Crippen LogP contribution in [0.3, 0.4) is 0 Å². The first-order chi connectivity index (χ1) is 12.8. The van der Waals surface area contributed by atoms with Crippen molar-refractivity contribution in [2.75, 3.05) is 19.0 Å². The second-order valence-corrected chi connectivity index (χ2v) is 7.18. The lowest BCUT2D eigenvalue weighted by Crippen LogP contribution is -2.32. The molecule has 0 saturated heterocycles. The lowest BCUT2D eigenvalue weighted by atomic mass is 9.85. The summed E-state index contributed by atoms with van der Waals surface area (Å²) in [6.07, 6.45) is 0.572. The number of aliphatic carboxylic acids is 1. The summed E-state index contributed by atoms with van der Waals surface area (Å²) >= 11 is 0. The number of carbonyl (C=O) groups excluding carboxylic acids is 1. The standard InChI is InChI=1S/C21H23NO5/c1-21(2,20(24)25)15-4-6-16(7-5-15)22-19(23)14-10-13-11-17(26-3)8-9-18(13)27-12-14/h4-9,11,14H,10,12H2,1-3H3,(H,22,23)(H,24,25). The third-order valence-corrected chi connectivity index (χ3v) is 4.95. The van der Waals surface area contributed by atoms with E-state index in [1.165, 1.54) is 0 Å². The highest BCUT2D eigenvalue weighted by atomic mass is 16.5. The van der Waals surface area contributed by atoms with Gasteiger partial charge in [0.15, 0.2) is 0 Å². The molecule has 27 heavy (non-hydrogen) atoms. The average molecular weight is 369 g/mol. The smallest absolute Gasteiger partial charge is 0.313 e. The topological polar surface area (TPSA) is 84.9 Å². The maximum absolute atomic E-state index is 12.6. The molecule has 1 unspecified atom stereocenters. The maximum atomic E-state index is 12.6. The fourth-order valence-electron chi connectivity index (χ4n) is 3.00. The molecule has 2 N–H and O–H groups in total. The Morgan fingerprint density at radius 2 is 1.89 bits per heavy atom. The van der Waals surface area contributed by atoms with Crippen molar-refractivity contribution in [2.45, 2.75) is 25.7 Å². The molecule has 6 heteroatoms. The normalized spacial score (nSPS) is 16.0. The van der Waals surface area contributed by atoms with Crippen LogP contribution in [-0.4, -0.2) is 30.7 Å². The van der Waals surface area contributed by atoms with Crippen LogP contribution in [0.15, 0.2) is 42.5 Å². The Kier molecular flexibility index (Phi) is 5.08. The Morgan fingerprint density at radius 3 is 2.52 bits per heavy atom. The van der Waals surface area contributed by atoms with Crippen LogP contribution in [0.5, 0.6) is 11.5 Å². The molecule has 0 fully saturated rings. The molecule has 0 aromatic heterocycles. The van der Waals surface area contributed by atoms with Crippen LogP contribution in [-0.2, 0) is 21.4 Å². The third kappa shape index (κ3) is 3.89. The Morgan fingerprint density at radius 1 is 1.19 bits per heavy atom. The van der Waals surface area contributed by atoms with E-state index in [1.807, 2.05) is 18.2 Å². The number of benzene rings is 2. The summed E-state index contributed by atoms with van der Waals surface area (Å²) in [5.41, 5.74) is 1.26. The Bertz CT molecular complexity index is 857. The zero-order valence-electron chi connectivity index (χ0n) is 15.6. The molecule has 0 saturated carbocycles. The van der Waals surface area contributed by atoms with Crippen molar-refractivity contribution in [2.24, 2.45) is 5.92 Å². The number of rotatable bonds is 5. The SMILES string of the molecule is COc1ccc2c(c1)CC(C(=O)Nc1ccc(C(C)(C)C(=O)O)cc1)CO2. The molecule has 0 bridgehead atoms. The molecule has 0 spiro atoms. The number of ether oxygens (including phenoxy) is 2. The molecule has 1 aliphatic heterocycles. The van der Waals surface area contributed by atoms with Gasteiger partial charge in [0.1, 0.15) is 18.1 Å². The number of hydrogen-bond acceptors (Lipinski definition) is 4. The highest BCUT2D eigenvalue weighted by Crippen LogP contribution is 2.31. The number of carboxylic acids is 1. The van der Waals surface area contributed by atoms with Crippen LogP contribution in [0.4, 0.5) is 5.69 Å². The molecule has 1 aliphatic rings. The van der Waals surface area contributed by atoms with Crippen molar-refractivity contribution < 1.29 is 24.2 Å². The van der Waals surface area contributed by atoms with Crippen molar-refractivity contribution in [3.8, 4) is 11.5 Å². The fraction of sp³-hybridized carbons (Fsp3) is 0.333. The van der Waals surface area contributed by atoms with E-state index in [1.54, 1.807) is 45.2 Å². The highest BCUT2D eigenvalue weighted by molar-refractivity contribution is 5.93. The van der Waals surface area contributed by atoms with Gasteiger partial charge in [-0.2, -0.15) is 0 Å². The van der Waals surface area contributed by atoms with Gasteiger partial charge in [-0.05, 0) is 61.7 Å². The second kappa shape index (κ2) is 7.31. The molecule has 0 aliphatic carbocycles. The molecule has 6 nitrogen and oxygen atoms in total. The van der Waals surface area contributed by atoms with E-state index in [-0.39, 0.29) is 11.8 Å². The molecular weight excluding hydrogens is 346 g/mol. The summed E-state index contributed by atoms with van der Waals surface area (Å²) in [6.45, 7) is 3.61. The van der Waals surface area contributed by atoms with E-state index in [2.05, 4.69) is 5.32 Å². The van der Waals surface area contributed by atoms with Gasteiger partial charge in [0.05, 0.1) is 18.4 Å². The van der Waals surface area contributed by atoms with Crippen molar-refractivity contribution >= 4 is 17.6 Å². The maximum Gasteiger partial charge on any atom is 0.313 e. The zero-order valence-corrected chi connectivity index (χ0v) is 15.6. The summed E-state index contributed by atoms with van der Waals surface area (Å²) in [4.78, 5) is 23.9. The molecule has 142 valence electrons. The van der Waals surface area contributed by atoms with Gasteiger partial charge in [-0.15, -0.1) is 0 Å². The zero-order chi connectivity index (χ0) is 19.6. The van der Waals surface area contributed by atoms with Crippen molar-refractivity contribution in [3.05, 3.63) is 53.6 Å². The molecule has 1 amide bonds. The minimum Gasteiger partial charge on any atom is -0.497 e. The van der Waals surface area contributed by atoms with E-state index in [4.69, 9.17) is 9.47 Å². The average Bonchev–Trinajstić information content (AvgIpc) is 2.67. The quantitative estimate of drug-likeness (QED) is 0.845. The van der Waals surface area contributed by atoms with Crippen LogP contribution in [0.25, 0.3) is 0 Å². The summed E-state index contributed by atoms with van der Waals surface area (Å²) in [5.74, 6) is 0.177. The first-order valence-corrected chi connectivity index (χ1v) is 8.76. The minimum absolute atomic E-state index is 0.131. The predicted molar refractivity (Wildman–Crippen MR) is 101 cm³/mol. The molecule has 1 atom stereocenters. The Labute approximate surface area is 158 Å². The van der Waals surface area contributed by atoms with Gasteiger partial charge in [0.2, 0.25) is 5.91 Å². The number of carboxylic acid groups (broad SMARTS) is 1. The van der Waals surface area contributed by atoms with Gasteiger partial charge >= 0.3 is 5.97 Å². The highest BCUT2D eigenvalue weighted by Gasteiger charge is 2.30. The summed E-state index contributed by atoms with van der Waals surface area (Å²) in [7, 11) is 1.60. The van der Waals surface area contributed by atoms with E-state index in [0.29, 0.717) is 24.3 Å². The van der Waals surface area contributed by atoms with E-state index < -0.39 is 11.4 Å². The predicted octanol–water partition coefficient (Wildman–Crippen LogP) is 3.25. The van der Waals surface area contributed by atoms with Crippen molar-refractivity contribution in [3.63, 3.8) is 0 Å². The first kappa shape index (κ1) is 18.8. The van der Waals surface area contributed by atoms with Crippen molar-refractivity contribution in [1.82, 2.24) is 0 Å².